The van der Waals surface area contributed by atoms with Gasteiger partial charge in [-0.15, -0.1) is 0 Å². The summed E-state index contributed by atoms with van der Waals surface area (Å²) < 4.78 is 6.86. The van der Waals surface area contributed by atoms with Crippen molar-refractivity contribution in [1.82, 2.24) is 13.7 Å². The highest BCUT2D eigenvalue weighted by atomic mass is 32.1. The van der Waals surface area contributed by atoms with Crippen molar-refractivity contribution in [2.24, 2.45) is 0 Å². The molecule has 6 heterocycles. The third-order valence-electron chi connectivity index (χ3n) is 6.42. The van der Waals surface area contributed by atoms with Gasteiger partial charge in [0.2, 0.25) is 0 Å². The number of hydrogen-bond donors (Lipinski definition) is 0. The van der Waals surface area contributed by atoms with Gasteiger partial charge in [0.05, 0.1) is 17.1 Å². The van der Waals surface area contributed by atoms with Gasteiger partial charge in [-0.05, 0) is 88.9 Å². The van der Waals surface area contributed by atoms with Crippen LogP contribution in [0.5, 0.6) is 0 Å². The molecule has 3 nitrogen and oxygen atoms in total. The van der Waals surface area contributed by atoms with Crippen molar-refractivity contribution in [1.29, 1.82) is 0 Å². The smallest absolute Gasteiger partial charge is 0.0536 e. The molecule has 7 rings (SSSR count). The number of hydrogen-bond acceptors (Lipinski definition) is 3. The summed E-state index contributed by atoms with van der Waals surface area (Å²) in [6, 6.07) is 26.3. The van der Waals surface area contributed by atoms with Crippen LogP contribution in [0.15, 0.2) is 124 Å². The van der Waals surface area contributed by atoms with Crippen LogP contribution in [0.4, 0.5) is 0 Å². The zero-order chi connectivity index (χ0) is 23.9. The van der Waals surface area contributed by atoms with Crippen LogP contribution in [0.1, 0.15) is 0 Å². The predicted molar refractivity (Wildman–Crippen MR) is 154 cm³/mol. The predicted octanol–water partition coefficient (Wildman–Crippen LogP) is 9.24. The Balaban J connectivity index is 1.45. The molecule has 0 amide bonds. The highest BCUT2D eigenvalue weighted by molar-refractivity contribution is 7.08. The van der Waals surface area contributed by atoms with E-state index in [1.807, 2.05) is 0 Å². The van der Waals surface area contributed by atoms with Crippen molar-refractivity contribution >= 4 is 34.0 Å². The molecule has 174 valence electrons. The van der Waals surface area contributed by atoms with Gasteiger partial charge in [0.1, 0.15) is 0 Å². The van der Waals surface area contributed by atoms with Crippen LogP contribution >= 0.6 is 34.0 Å². The molecule has 6 aromatic heterocycles. The Hall–Kier alpha value is -3.84. The second-order valence-corrected chi connectivity index (χ2v) is 10.9. The summed E-state index contributed by atoms with van der Waals surface area (Å²) in [4.78, 5) is 0. The third kappa shape index (κ3) is 3.71. The SMILES string of the molecule is c1cc(-c2ccsc2)n(-c2cc(-n3cccc3-c3ccsc3)cc(-n3cccc3-c3ccsc3)c2)c1. The van der Waals surface area contributed by atoms with Gasteiger partial charge < -0.3 is 13.7 Å². The van der Waals surface area contributed by atoms with Crippen LogP contribution in [-0.4, -0.2) is 13.7 Å². The number of thiophene rings is 3. The fourth-order valence-corrected chi connectivity index (χ4v) is 6.70. The van der Waals surface area contributed by atoms with Crippen molar-refractivity contribution in [2.75, 3.05) is 0 Å². The lowest BCUT2D eigenvalue weighted by atomic mass is 10.1. The normalized spacial score (nSPS) is 11.3. The lowest BCUT2D eigenvalue weighted by molar-refractivity contribution is 1.02. The van der Waals surface area contributed by atoms with Crippen LogP contribution in [0, 0.1) is 0 Å². The van der Waals surface area contributed by atoms with Gasteiger partial charge >= 0.3 is 0 Å². The Morgan fingerprint density at radius 3 is 1.03 bits per heavy atom. The maximum atomic E-state index is 2.29. The van der Waals surface area contributed by atoms with E-state index in [2.05, 4.69) is 137 Å². The van der Waals surface area contributed by atoms with E-state index in [4.69, 9.17) is 0 Å². The van der Waals surface area contributed by atoms with E-state index in [-0.39, 0.29) is 0 Å². The van der Waals surface area contributed by atoms with E-state index in [0.717, 1.165) is 17.1 Å². The molecule has 0 aliphatic carbocycles. The summed E-state index contributed by atoms with van der Waals surface area (Å²) in [7, 11) is 0. The van der Waals surface area contributed by atoms with Gasteiger partial charge in [0.15, 0.2) is 0 Å². The average Bonchev–Trinajstić information content (AvgIpc) is 3.76. The summed E-state index contributed by atoms with van der Waals surface area (Å²) in [5, 5.41) is 13.0. The van der Waals surface area contributed by atoms with Crippen molar-refractivity contribution in [3.63, 3.8) is 0 Å². The first-order chi connectivity index (χ1) is 17.8. The maximum absolute atomic E-state index is 2.29. The minimum Gasteiger partial charge on any atom is -0.316 e. The first-order valence-corrected chi connectivity index (χ1v) is 14.4. The second kappa shape index (κ2) is 8.99. The van der Waals surface area contributed by atoms with Gasteiger partial charge in [-0.25, -0.2) is 0 Å². The Morgan fingerprint density at radius 1 is 0.417 bits per heavy atom. The van der Waals surface area contributed by atoms with Crippen LogP contribution in [0.25, 0.3) is 50.8 Å². The van der Waals surface area contributed by atoms with E-state index in [1.54, 1.807) is 34.0 Å². The molecule has 36 heavy (non-hydrogen) atoms. The molecule has 0 bridgehead atoms. The number of rotatable bonds is 6. The largest absolute Gasteiger partial charge is 0.316 e. The molecule has 1 aromatic carbocycles. The molecule has 7 aromatic rings. The van der Waals surface area contributed by atoms with E-state index in [0.29, 0.717) is 0 Å². The molecule has 0 unspecified atom stereocenters. The van der Waals surface area contributed by atoms with E-state index < -0.39 is 0 Å². The molecule has 0 aliphatic heterocycles. The van der Waals surface area contributed by atoms with Crippen LogP contribution < -0.4 is 0 Å². The zero-order valence-corrected chi connectivity index (χ0v) is 21.6. The number of aromatic nitrogens is 3. The first kappa shape index (κ1) is 21.4. The van der Waals surface area contributed by atoms with E-state index in [9.17, 15) is 0 Å². The molecule has 0 radical (unpaired) electrons. The lowest BCUT2D eigenvalue weighted by Gasteiger charge is -2.17. The summed E-state index contributed by atoms with van der Waals surface area (Å²) in [5.41, 5.74) is 10.7. The highest BCUT2D eigenvalue weighted by Gasteiger charge is 2.14. The monoisotopic (exact) mass is 519 g/mol. The summed E-state index contributed by atoms with van der Waals surface area (Å²) in [5.74, 6) is 0. The van der Waals surface area contributed by atoms with Gasteiger partial charge in [-0.1, -0.05) is 0 Å². The maximum Gasteiger partial charge on any atom is 0.0536 e. The average molecular weight is 520 g/mol. The minimum absolute atomic E-state index is 1.13. The summed E-state index contributed by atoms with van der Waals surface area (Å²) in [6.07, 6.45) is 6.46. The molecule has 0 atom stereocenters. The number of nitrogens with zero attached hydrogens (tertiary/aromatic N) is 3. The Labute approximate surface area is 221 Å². The molecule has 0 fully saturated rings. The van der Waals surface area contributed by atoms with Crippen LogP contribution in [-0.2, 0) is 0 Å². The lowest BCUT2D eigenvalue weighted by Crippen LogP contribution is -2.03. The minimum atomic E-state index is 1.13. The standard InChI is InChI=1S/C30H21N3S3/c1-4-28(22-7-13-34-19-22)31(10-1)25-16-26(32-11-2-5-29(32)23-8-14-35-20-23)18-27(17-25)33-12-3-6-30(33)24-9-15-36-21-24/h1-21H. The van der Waals surface area contributed by atoms with E-state index in [1.165, 1.54) is 33.8 Å². The topological polar surface area (TPSA) is 14.8 Å². The molecular weight excluding hydrogens is 499 g/mol. The molecule has 0 saturated carbocycles. The molecule has 0 aliphatic rings. The van der Waals surface area contributed by atoms with Crippen molar-refractivity contribution < 1.29 is 0 Å². The Morgan fingerprint density at radius 2 is 0.750 bits per heavy atom. The molecule has 6 heteroatoms. The highest BCUT2D eigenvalue weighted by Crippen LogP contribution is 2.33. The van der Waals surface area contributed by atoms with Crippen LogP contribution in [0.3, 0.4) is 0 Å². The summed E-state index contributed by atoms with van der Waals surface area (Å²) >= 11 is 5.18. The summed E-state index contributed by atoms with van der Waals surface area (Å²) in [6.45, 7) is 0. The quantitative estimate of drug-likeness (QED) is 0.208. The fraction of sp³-hybridized carbons (Fsp3) is 0. The molecule has 0 saturated heterocycles. The van der Waals surface area contributed by atoms with Gasteiger partial charge in [-0.2, -0.15) is 34.0 Å². The van der Waals surface area contributed by atoms with Crippen LogP contribution in [0.2, 0.25) is 0 Å². The van der Waals surface area contributed by atoms with Crippen molar-refractivity contribution in [3.05, 3.63) is 124 Å². The first-order valence-electron chi connectivity index (χ1n) is 11.6. The Kier molecular flexibility index (Phi) is 5.35. The van der Waals surface area contributed by atoms with E-state index >= 15 is 0 Å². The van der Waals surface area contributed by atoms with Gasteiger partial charge in [-0.3, -0.25) is 0 Å². The molecule has 0 N–H and O–H groups in total. The fourth-order valence-electron chi connectivity index (χ4n) is 4.75. The Bertz CT molecular complexity index is 1510. The van der Waals surface area contributed by atoms with Gasteiger partial charge in [0, 0.05) is 68.5 Å². The zero-order valence-electron chi connectivity index (χ0n) is 19.2. The third-order valence-corrected chi connectivity index (χ3v) is 8.47. The molecule has 0 spiro atoms. The van der Waals surface area contributed by atoms with Gasteiger partial charge in [0.25, 0.3) is 0 Å². The number of benzene rings is 1. The van der Waals surface area contributed by atoms with Crippen molar-refractivity contribution in [2.45, 2.75) is 0 Å². The molecular formula is C30H21N3S3. The second-order valence-electron chi connectivity index (χ2n) is 8.53. The van der Waals surface area contributed by atoms with Crippen molar-refractivity contribution in [3.8, 4) is 50.8 Å².